The fraction of sp³-hybridized carbons (Fsp3) is 0.0667. The maximum Gasteiger partial charge on any atom is 0.335 e. The summed E-state index contributed by atoms with van der Waals surface area (Å²) in [7, 11) is 0. The second-order valence-corrected chi connectivity index (χ2v) is 6.06. The highest BCUT2D eigenvalue weighted by Crippen LogP contribution is 2.35. The van der Waals surface area contributed by atoms with Crippen LogP contribution in [0.15, 0.2) is 50.5 Å². The summed E-state index contributed by atoms with van der Waals surface area (Å²) in [5, 5.41) is 20.4. The fourth-order valence-electron chi connectivity index (χ4n) is 1.76. The summed E-state index contributed by atoms with van der Waals surface area (Å²) < 4.78 is 7.15. The Labute approximate surface area is 143 Å². The summed E-state index contributed by atoms with van der Waals surface area (Å²) in [6.07, 6.45) is 1.31. The van der Waals surface area contributed by atoms with Gasteiger partial charge in [-0.05, 0) is 67.3 Å². The number of aromatic carboxylic acids is 1. The van der Waals surface area contributed by atoms with Crippen LogP contribution in [0.25, 0.3) is 0 Å². The normalized spacial score (nSPS) is 10.8. The number of carboxylic acid groups (broad SMARTS) is 1. The predicted molar refractivity (Wildman–Crippen MR) is 89.0 cm³/mol. The van der Waals surface area contributed by atoms with Gasteiger partial charge in [-0.25, -0.2) is 4.79 Å². The molecule has 2 rings (SSSR count). The van der Waals surface area contributed by atoms with Gasteiger partial charge in [0.1, 0.15) is 12.4 Å². The van der Waals surface area contributed by atoms with Crippen LogP contribution in [0, 0.1) is 0 Å². The highest BCUT2D eigenvalue weighted by Gasteiger charge is 2.09. The van der Waals surface area contributed by atoms with Gasteiger partial charge in [0.25, 0.3) is 0 Å². The summed E-state index contributed by atoms with van der Waals surface area (Å²) >= 11 is 6.79. The molecule has 2 aromatic rings. The summed E-state index contributed by atoms with van der Waals surface area (Å²) in [6, 6.07) is 9.99. The number of ether oxygens (including phenoxy) is 1. The first kappa shape index (κ1) is 16.5. The predicted octanol–water partition coefficient (Wildman–Crippen LogP) is 4.30. The third-order valence-corrected chi connectivity index (χ3v) is 3.99. The number of benzene rings is 2. The summed E-state index contributed by atoms with van der Waals surface area (Å²) in [5.74, 6) is -0.350. The largest absolute Gasteiger partial charge is 0.487 e. The molecule has 0 aliphatic carbocycles. The summed E-state index contributed by atoms with van der Waals surface area (Å²) in [6.45, 7) is 0.296. The Bertz CT molecular complexity index is 691. The van der Waals surface area contributed by atoms with Crippen molar-refractivity contribution in [1.29, 1.82) is 0 Å². The summed E-state index contributed by atoms with van der Waals surface area (Å²) in [4.78, 5) is 10.8. The monoisotopic (exact) mass is 427 g/mol. The number of rotatable bonds is 5. The van der Waals surface area contributed by atoms with Gasteiger partial charge in [0, 0.05) is 0 Å². The van der Waals surface area contributed by atoms with Crippen LogP contribution >= 0.6 is 31.9 Å². The molecule has 2 N–H and O–H groups in total. The molecule has 0 bridgehead atoms. The molecule has 0 unspecified atom stereocenters. The van der Waals surface area contributed by atoms with Crippen LogP contribution in [-0.4, -0.2) is 22.5 Å². The number of oxime groups is 1. The number of hydrogen-bond donors (Lipinski definition) is 2. The Morgan fingerprint density at radius 2 is 1.77 bits per heavy atom. The van der Waals surface area contributed by atoms with E-state index >= 15 is 0 Å². The molecular formula is C15H11Br2NO4. The van der Waals surface area contributed by atoms with E-state index in [9.17, 15) is 4.79 Å². The maximum atomic E-state index is 10.8. The molecule has 0 fully saturated rings. The lowest BCUT2D eigenvalue weighted by Gasteiger charge is -2.11. The fourth-order valence-corrected chi connectivity index (χ4v) is 3.21. The molecule has 2 aromatic carbocycles. The van der Waals surface area contributed by atoms with E-state index in [0.717, 1.165) is 5.56 Å². The van der Waals surface area contributed by atoms with Crippen LogP contribution in [0.5, 0.6) is 5.75 Å². The van der Waals surface area contributed by atoms with Crippen molar-refractivity contribution < 1.29 is 19.8 Å². The minimum atomic E-state index is -0.959. The van der Waals surface area contributed by atoms with Gasteiger partial charge >= 0.3 is 5.97 Å². The van der Waals surface area contributed by atoms with Crippen LogP contribution in [-0.2, 0) is 6.61 Å². The van der Waals surface area contributed by atoms with Gasteiger partial charge < -0.3 is 15.1 Å². The third-order valence-electron chi connectivity index (χ3n) is 2.81. The highest BCUT2D eigenvalue weighted by molar-refractivity contribution is 9.11. The molecule has 0 heterocycles. The molecule has 7 heteroatoms. The molecule has 5 nitrogen and oxygen atoms in total. The van der Waals surface area contributed by atoms with Crippen molar-refractivity contribution in [2.45, 2.75) is 6.61 Å². The summed E-state index contributed by atoms with van der Waals surface area (Å²) in [5.41, 5.74) is 1.79. The maximum absolute atomic E-state index is 10.8. The van der Waals surface area contributed by atoms with Gasteiger partial charge in [-0.2, -0.15) is 0 Å². The SMILES string of the molecule is O=C(O)c1ccc(COc2c(Br)cc(/C=N\O)cc2Br)cc1. The van der Waals surface area contributed by atoms with Crippen molar-refractivity contribution in [3.8, 4) is 5.75 Å². The van der Waals surface area contributed by atoms with E-state index < -0.39 is 5.97 Å². The van der Waals surface area contributed by atoms with Crippen LogP contribution < -0.4 is 4.74 Å². The molecule has 0 amide bonds. The molecule has 0 spiro atoms. The average molecular weight is 429 g/mol. The molecule has 22 heavy (non-hydrogen) atoms. The lowest BCUT2D eigenvalue weighted by molar-refractivity contribution is 0.0697. The molecule has 0 atom stereocenters. The van der Waals surface area contributed by atoms with Crippen molar-refractivity contribution in [2.24, 2.45) is 5.16 Å². The Morgan fingerprint density at radius 3 is 2.27 bits per heavy atom. The average Bonchev–Trinajstić information content (AvgIpc) is 2.47. The van der Waals surface area contributed by atoms with E-state index in [2.05, 4.69) is 37.0 Å². The Balaban J connectivity index is 2.12. The highest BCUT2D eigenvalue weighted by atomic mass is 79.9. The van der Waals surface area contributed by atoms with Crippen molar-refractivity contribution in [2.75, 3.05) is 0 Å². The zero-order chi connectivity index (χ0) is 16.1. The van der Waals surface area contributed by atoms with Crippen LogP contribution in [0.3, 0.4) is 0 Å². The number of halogens is 2. The van der Waals surface area contributed by atoms with E-state index in [0.29, 0.717) is 26.9 Å². The van der Waals surface area contributed by atoms with Gasteiger partial charge in [-0.15, -0.1) is 0 Å². The van der Waals surface area contributed by atoms with E-state index in [1.54, 1.807) is 24.3 Å². The molecule has 0 aromatic heterocycles. The minimum absolute atomic E-state index is 0.235. The lowest BCUT2D eigenvalue weighted by atomic mass is 10.1. The number of carbonyl (C=O) groups is 1. The van der Waals surface area contributed by atoms with Gasteiger partial charge in [0.15, 0.2) is 0 Å². The van der Waals surface area contributed by atoms with Crippen molar-refractivity contribution in [3.63, 3.8) is 0 Å². The molecule has 0 saturated carbocycles. The van der Waals surface area contributed by atoms with E-state index in [4.69, 9.17) is 15.1 Å². The molecule has 0 aliphatic heterocycles. The van der Waals surface area contributed by atoms with Gasteiger partial charge in [0.05, 0.1) is 20.7 Å². The van der Waals surface area contributed by atoms with Crippen molar-refractivity contribution in [3.05, 3.63) is 62.0 Å². The Morgan fingerprint density at radius 1 is 1.18 bits per heavy atom. The molecule has 0 radical (unpaired) electrons. The smallest absolute Gasteiger partial charge is 0.335 e. The Hall–Kier alpha value is -1.86. The Kier molecular flexibility index (Phi) is 5.57. The standard InChI is InChI=1S/C15H11Br2NO4/c16-12-5-10(7-18-21)6-13(17)14(12)22-8-9-1-3-11(4-2-9)15(19)20/h1-7,21H,8H2,(H,19,20)/b18-7-. The number of hydrogen-bond acceptors (Lipinski definition) is 4. The van der Waals surface area contributed by atoms with Gasteiger partial charge in [-0.1, -0.05) is 17.3 Å². The molecule has 0 saturated heterocycles. The second kappa shape index (κ2) is 7.42. The molecule has 0 aliphatic rings. The van der Waals surface area contributed by atoms with E-state index in [1.807, 2.05) is 0 Å². The minimum Gasteiger partial charge on any atom is -0.487 e. The first-order valence-corrected chi connectivity index (χ1v) is 7.71. The molecular weight excluding hydrogens is 418 g/mol. The van der Waals surface area contributed by atoms with Crippen molar-refractivity contribution >= 4 is 44.0 Å². The van der Waals surface area contributed by atoms with Crippen molar-refractivity contribution in [1.82, 2.24) is 0 Å². The first-order valence-electron chi connectivity index (χ1n) is 6.12. The quantitative estimate of drug-likeness (QED) is 0.422. The zero-order valence-corrected chi connectivity index (χ0v) is 14.3. The van der Waals surface area contributed by atoms with Crippen LogP contribution in [0.4, 0.5) is 0 Å². The lowest BCUT2D eigenvalue weighted by Crippen LogP contribution is -2.00. The van der Waals surface area contributed by atoms with E-state index in [-0.39, 0.29) is 5.56 Å². The zero-order valence-electron chi connectivity index (χ0n) is 11.2. The second-order valence-electron chi connectivity index (χ2n) is 4.35. The van der Waals surface area contributed by atoms with Gasteiger partial charge in [-0.3, -0.25) is 0 Å². The topological polar surface area (TPSA) is 79.1 Å². The van der Waals surface area contributed by atoms with E-state index in [1.165, 1.54) is 18.3 Å². The van der Waals surface area contributed by atoms with Crippen LogP contribution in [0.2, 0.25) is 0 Å². The third kappa shape index (κ3) is 4.08. The van der Waals surface area contributed by atoms with Gasteiger partial charge in [0.2, 0.25) is 0 Å². The first-order chi connectivity index (χ1) is 10.5. The molecule has 114 valence electrons. The number of carboxylic acids is 1. The number of nitrogens with zero attached hydrogens (tertiary/aromatic N) is 1. The van der Waals surface area contributed by atoms with Crippen LogP contribution in [0.1, 0.15) is 21.5 Å².